The maximum Gasteiger partial charge on any atom is 0.139 e. The van der Waals surface area contributed by atoms with Crippen LogP contribution >= 0.6 is 27.5 Å². The average Bonchev–Trinajstić information content (AvgIpc) is 2.76. The number of fused-ring (bicyclic) bond motifs is 1. The molecule has 0 bridgehead atoms. The average molecular weight is 366 g/mol. The smallest absolute Gasteiger partial charge is 0.139 e. The van der Waals surface area contributed by atoms with Crippen molar-refractivity contribution in [3.05, 3.63) is 28.2 Å². The maximum absolute atomic E-state index is 13.5. The standard InChI is InChI=1S/C13H15BrClFN2O2/c1-19-4-5-20-3-2-18-12-6-9(14)10(16)7-11(12)17-13(18)8-15/h6-7H,2-5,8H2,1H3. The highest BCUT2D eigenvalue weighted by Gasteiger charge is 2.12. The van der Waals surface area contributed by atoms with E-state index in [9.17, 15) is 4.39 Å². The molecule has 2 aromatic rings. The van der Waals surface area contributed by atoms with E-state index in [4.69, 9.17) is 21.1 Å². The number of nitrogens with zero attached hydrogens (tertiary/aromatic N) is 2. The van der Waals surface area contributed by atoms with Gasteiger partial charge in [0.05, 0.1) is 41.2 Å². The van der Waals surface area contributed by atoms with Crippen LogP contribution in [0, 0.1) is 5.82 Å². The highest BCUT2D eigenvalue weighted by atomic mass is 79.9. The number of imidazole rings is 1. The molecule has 1 aromatic heterocycles. The second kappa shape index (κ2) is 7.36. The Morgan fingerprint density at radius 3 is 2.85 bits per heavy atom. The van der Waals surface area contributed by atoms with E-state index in [0.717, 1.165) is 5.52 Å². The Kier molecular flexibility index (Phi) is 5.77. The number of benzene rings is 1. The minimum atomic E-state index is -0.334. The van der Waals surface area contributed by atoms with Gasteiger partial charge in [0.2, 0.25) is 0 Å². The van der Waals surface area contributed by atoms with Gasteiger partial charge in [-0.25, -0.2) is 9.37 Å². The van der Waals surface area contributed by atoms with Crippen LogP contribution < -0.4 is 0 Å². The van der Waals surface area contributed by atoms with Gasteiger partial charge in [-0.2, -0.15) is 0 Å². The third kappa shape index (κ3) is 3.49. The first kappa shape index (κ1) is 15.7. The van der Waals surface area contributed by atoms with Crippen molar-refractivity contribution >= 4 is 38.6 Å². The van der Waals surface area contributed by atoms with Crippen LogP contribution in [-0.4, -0.2) is 36.5 Å². The Hall–Kier alpha value is -0.690. The zero-order chi connectivity index (χ0) is 14.5. The lowest BCUT2D eigenvalue weighted by Gasteiger charge is -2.08. The normalized spacial score (nSPS) is 11.4. The predicted molar refractivity (Wildman–Crippen MR) is 79.6 cm³/mol. The molecule has 1 heterocycles. The fourth-order valence-electron chi connectivity index (χ4n) is 1.92. The van der Waals surface area contributed by atoms with E-state index in [1.807, 2.05) is 4.57 Å². The van der Waals surface area contributed by atoms with Crippen LogP contribution in [-0.2, 0) is 21.9 Å². The predicted octanol–water partition coefficient (Wildman–Crippen LogP) is 3.34. The lowest BCUT2D eigenvalue weighted by Crippen LogP contribution is -2.11. The molecule has 0 aliphatic heterocycles. The molecule has 0 fully saturated rings. The van der Waals surface area contributed by atoms with Crippen LogP contribution in [0.2, 0.25) is 0 Å². The number of ether oxygens (including phenoxy) is 2. The lowest BCUT2D eigenvalue weighted by molar-refractivity contribution is 0.0667. The van der Waals surface area contributed by atoms with Gasteiger partial charge >= 0.3 is 0 Å². The number of aromatic nitrogens is 2. The Balaban J connectivity index is 2.19. The third-order valence-corrected chi connectivity index (χ3v) is 3.73. The van der Waals surface area contributed by atoms with Gasteiger partial charge in [0, 0.05) is 19.7 Å². The van der Waals surface area contributed by atoms with Crippen molar-refractivity contribution in [2.75, 3.05) is 26.9 Å². The fraction of sp³-hybridized carbons (Fsp3) is 0.462. The molecule has 2 rings (SSSR count). The van der Waals surface area contributed by atoms with E-state index >= 15 is 0 Å². The molecule has 0 spiro atoms. The molecule has 110 valence electrons. The van der Waals surface area contributed by atoms with Crippen LogP contribution in [0.3, 0.4) is 0 Å². The van der Waals surface area contributed by atoms with Crippen LogP contribution in [0.1, 0.15) is 5.82 Å². The molecular weight excluding hydrogens is 351 g/mol. The molecule has 0 aliphatic rings. The Labute approximate surface area is 130 Å². The fourth-order valence-corrected chi connectivity index (χ4v) is 2.46. The van der Waals surface area contributed by atoms with Crippen molar-refractivity contribution in [1.29, 1.82) is 0 Å². The SMILES string of the molecule is COCCOCCn1c(CCl)nc2cc(F)c(Br)cc21. The summed E-state index contributed by atoms with van der Waals surface area (Å²) in [6, 6.07) is 3.11. The highest BCUT2D eigenvalue weighted by Crippen LogP contribution is 2.24. The molecule has 0 aliphatic carbocycles. The molecule has 0 atom stereocenters. The number of methoxy groups -OCH3 is 1. The van der Waals surface area contributed by atoms with Gasteiger partial charge in [0.1, 0.15) is 11.6 Å². The van der Waals surface area contributed by atoms with Gasteiger partial charge in [0.25, 0.3) is 0 Å². The molecular formula is C13H15BrClFN2O2. The van der Waals surface area contributed by atoms with Gasteiger partial charge in [-0.3, -0.25) is 0 Å². The van der Waals surface area contributed by atoms with Gasteiger partial charge in [-0.15, -0.1) is 11.6 Å². The summed E-state index contributed by atoms with van der Waals surface area (Å²) in [5.41, 5.74) is 1.43. The summed E-state index contributed by atoms with van der Waals surface area (Å²) < 4.78 is 26.2. The Morgan fingerprint density at radius 2 is 2.15 bits per heavy atom. The molecule has 0 unspecified atom stereocenters. The summed E-state index contributed by atoms with van der Waals surface area (Å²) >= 11 is 9.08. The molecule has 0 N–H and O–H groups in total. The van der Waals surface area contributed by atoms with Crippen molar-refractivity contribution in [3.63, 3.8) is 0 Å². The number of alkyl halides is 1. The number of hydrogen-bond acceptors (Lipinski definition) is 3. The summed E-state index contributed by atoms with van der Waals surface area (Å²) in [4.78, 5) is 4.34. The summed E-state index contributed by atoms with van der Waals surface area (Å²) in [6.45, 7) is 2.23. The second-order valence-electron chi connectivity index (χ2n) is 4.17. The Morgan fingerprint density at radius 1 is 1.35 bits per heavy atom. The first-order valence-corrected chi connectivity index (χ1v) is 7.47. The van der Waals surface area contributed by atoms with E-state index in [1.54, 1.807) is 13.2 Å². The van der Waals surface area contributed by atoms with Crippen LogP contribution in [0.15, 0.2) is 16.6 Å². The largest absolute Gasteiger partial charge is 0.382 e. The molecule has 0 saturated carbocycles. The molecule has 0 saturated heterocycles. The van der Waals surface area contributed by atoms with Crippen molar-refractivity contribution in [2.24, 2.45) is 0 Å². The zero-order valence-electron chi connectivity index (χ0n) is 11.0. The number of halogens is 3. The van der Waals surface area contributed by atoms with Crippen molar-refractivity contribution in [3.8, 4) is 0 Å². The van der Waals surface area contributed by atoms with Crippen LogP contribution in [0.4, 0.5) is 4.39 Å². The quantitative estimate of drug-likeness (QED) is 0.558. The first-order valence-electron chi connectivity index (χ1n) is 6.14. The lowest BCUT2D eigenvalue weighted by atomic mass is 10.3. The zero-order valence-corrected chi connectivity index (χ0v) is 13.4. The molecule has 0 amide bonds. The van der Waals surface area contributed by atoms with Crippen molar-refractivity contribution < 1.29 is 13.9 Å². The number of rotatable bonds is 7. The topological polar surface area (TPSA) is 36.3 Å². The van der Waals surface area contributed by atoms with E-state index in [1.165, 1.54) is 6.07 Å². The third-order valence-electron chi connectivity index (χ3n) is 2.88. The van der Waals surface area contributed by atoms with Crippen molar-refractivity contribution in [1.82, 2.24) is 9.55 Å². The minimum Gasteiger partial charge on any atom is -0.382 e. The molecule has 7 heteroatoms. The maximum atomic E-state index is 13.5. The molecule has 4 nitrogen and oxygen atoms in total. The summed E-state index contributed by atoms with van der Waals surface area (Å²) in [6.07, 6.45) is 0. The molecule has 1 aromatic carbocycles. The molecule has 0 radical (unpaired) electrons. The summed E-state index contributed by atoms with van der Waals surface area (Å²) in [5.74, 6) is 0.639. The van der Waals surface area contributed by atoms with Gasteiger partial charge in [-0.05, 0) is 22.0 Å². The van der Waals surface area contributed by atoms with Crippen molar-refractivity contribution in [2.45, 2.75) is 12.4 Å². The van der Waals surface area contributed by atoms with Gasteiger partial charge < -0.3 is 14.0 Å². The summed E-state index contributed by atoms with van der Waals surface area (Å²) in [7, 11) is 1.63. The second-order valence-corrected chi connectivity index (χ2v) is 5.30. The van der Waals surface area contributed by atoms with Gasteiger partial charge in [-0.1, -0.05) is 0 Å². The van der Waals surface area contributed by atoms with E-state index in [2.05, 4.69) is 20.9 Å². The van der Waals surface area contributed by atoms with E-state index < -0.39 is 0 Å². The first-order chi connectivity index (χ1) is 9.67. The highest BCUT2D eigenvalue weighted by molar-refractivity contribution is 9.10. The molecule has 20 heavy (non-hydrogen) atoms. The Bertz CT molecular complexity index is 591. The van der Waals surface area contributed by atoms with Crippen LogP contribution in [0.5, 0.6) is 0 Å². The summed E-state index contributed by atoms with van der Waals surface area (Å²) in [5, 5.41) is 0. The number of hydrogen-bond donors (Lipinski definition) is 0. The minimum absolute atomic E-state index is 0.270. The monoisotopic (exact) mass is 364 g/mol. The van der Waals surface area contributed by atoms with E-state index in [0.29, 0.717) is 42.2 Å². The van der Waals surface area contributed by atoms with E-state index in [-0.39, 0.29) is 11.7 Å². The van der Waals surface area contributed by atoms with Crippen LogP contribution in [0.25, 0.3) is 11.0 Å². The van der Waals surface area contributed by atoms with Gasteiger partial charge in [0.15, 0.2) is 0 Å².